The van der Waals surface area contributed by atoms with Crippen molar-refractivity contribution in [3.8, 4) is 0 Å². The molecule has 0 radical (unpaired) electrons. The van der Waals surface area contributed by atoms with Crippen molar-refractivity contribution in [3.63, 3.8) is 0 Å². The molecule has 3 aliphatic rings. The summed E-state index contributed by atoms with van der Waals surface area (Å²) < 4.78 is 23.3. The van der Waals surface area contributed by atoms with Crippen LogP contribution in [0.1, 0.15) is 20.8 Å². The third-order valence-corrected chi connectivity index (χ3v) is 6.68. The van der Waals surface area contributed by atoms with E-state index in [0.29, 0.717) is 0 Å². The fraction of sp³-hybridized carbons (Fsp3) is 0.800. The van der Waals surface area contributed by atoms with Crippen LogP contribution in [-0.2, 0) is 23.7 Å². The number of carbonyl (C=O) groups excluding carboxylic acids is 1. The van der Waals surface area contributed by atoms with Gasteiger partial charge in [-0.25, -0.2) is 0 Å². The van der Waals surface area contributed by atoms with Gasteiger partial charge in [-0.15, -0.1) is 0 Å². The predicted octanol–water partition coefficient (Wildman–Crippen LogP) is 2.02. The summed E-state index contributed by atoms with van der Waals surface area (Å²) in [6.45, 7) is 12.2. The minimum atomic E-state index is -1.69. The fourth-order valence-electron chi connectivity index (χ4n) is 3.84. The van der Waals surface area contributed by atoms with E-state index in [1.165, 1.54) is 0 Å². The van der Waals surface area contributed by atoms with E-state index in [1.807, 2.05) is 20.8 Å². The molecule has 2 heterocycles. The molecule has 1 spiro atoms. The number of carbonyl (C=O) groups is 1. The van der Waals surface area contributed by atoms with Crippen molar-refractivity contribution in [2.75, 3.05) is 7.11 Å². The van der Waals surface area contributed by atoms with Crippen molar-refractivity contribution in [1.29, 1.82) is 0 Å². The first-order valence-electron chi connectivity index (χ1n) is 7.37. The lowest BCUT2D eigenvalue weighted by molar-refractivity contribution is -0.241. The topological polar surface area (TPSA) is 54.0 Å². The van der Waals surface area contributed by atoms with Gasteiger partial charge in [-0.2, -0.15) is 0 Å². The lowest BCUT2D eigenvalue weighted by Gasteiger charge is -2.46. The van der Waals surface area contributed by atoms with Gasteiger partial charge in [0.25, 0.3) is 0 Å². The van der Waals surface area contributed by atoms with E-state index < -0.39 is 31.9 Å². The van der Waals surface area contributed by atoms with Gasteiger partial charge in [0.2, 0.25) is 0 Å². The molecule has 6 heteroatoms. The number of ether oxygens (including phenoxy) is 4. The largest absolute Gasteiger partial charge is 0.353 e. The van der Waals surface area contributed by atoms with Gasteiger partial charge in [0.05, 0.1) is 8.07 Å². The molecule has 0 saturated carbocycles. The molecule has 5 nitrogen and oxygen atoms in total. The molecule has 2 fully saturated rings. The third-order valence-electron chi connectivity index (χ3n) is 4.58. The molecule has 118 valence electrons. The van der Waals surface area contributed by atoms with E-state index in [-0.39, 0.29) is 11.9 Å². The number of rotatable bonds is 2. The van der Waals surface area contributed by atoms with Crippen LogP contribution < -0.4 is 0 Å². The summed E-state index contributed by atoms with van der Waals surface area (Å²) in [5.74, 6) is -0.659. The molecule has 4 atom stereocenters. The molecule has 0 amide bonds. The van der Waals surface area contributed by atoms with E-state index in [0.717, 1.165) is 10.8 Å². The molecular formula is C15H24O5Si. The number of Topliss-reactive ketones (excluding diaryl/α,β-unsaturated/α-hetero) is 1. The van der Waals surface area contributed by atoms with Gasteiger partial charge in [-0.05, 0) is 31.5 Å². The van der Waals surface area contributed by atoms with Crippen LogP contribution in [-0.4, -0.2) is 50.9 Å². The number of hydrogen-bond donors (Lipinski definition) is 0. The Balaban J connectivity index is 2.04. The Bertz CT molecular complexity index is 533. The number of ketones is 1. The molecule has 1 unspecified atom stereocenters. The zero-order valence-corrected chi connectivity index (χ0v) is 14.8. The first kappa shape index (κ1) is 15.4. The summed E-state index contributed by atoms with van der Waals surface area (Å²) in [5, 5.41) is 0.964. The van der Waals surface area contributed by atoms with E-state index >= 15 is 0 Å². The van der Waals surface area contributed by atoms with Crippen molar-refractivity contribution in [1.82, 2.24) is 0 Å². The zero-order chi connectivity index (χ0) is 15.8. The molecule has 0 bridgehead atoms. The highest BCUT2D eigenvalue weighted by Crippen LogP contribution is 2.55. The molecular weight excluding hydrogens is 288 g/mol. The van der Waals surface area contributed by atoms with Gasteiger partial charge in [0, 0.05) is 7.11 Å². The second kappa shape index (κ2) is 4.26. The summed E-state index contributed by atoms with van der Waals surface area (Å²) in [6.07, 6.45) is -1.36. The van der Waals surface area contributed by atoms with E-state index in [4.69, 9.17) is 18.9 Å². The SMILES string of the molecule is CO[C@@H]1O[C@]2(C(=O)C([Si](C)(C)C)=C2C)C2OC(C)(C)O[C@@H]21. The average Bonchev–Trinajstić information content (AvgIpc) is 2.79. The highest BCUT2D eigenvalue weighted by molar-refractivity contribution is 6.88. The second-order valence-corrected chi connectivity index (χ2v) is 12.6. The van der Waals surface area contributed by atoms with Gasteiger partial charge in [-0.3, -0.25) is 4.79 Å². The molecule has 2 aliphatic heterocycles. The molecule has 3 rings (SSSR count). The average molecular weight is 312 g/mol. The summed E-state index contributed by atoms with van der Waals surface area (Å²) in [7, 11) is -0.126. The Morgan fingerprint density at radius 3 is 2.24 bits per heavy atom. The first-order chi connectivity index (χ1) is 9.54. The summed E-state index contributed by atoms with van der Waals surface area (Å²) >= 11 is 0. The van der Waals surface area contributed by atoms with Crippen molar-refractivity contribution < 1.29 is 23.7 Å². The normalized spacial score (nSPS) is 41.7. The molecule has 0 aromatic rings. The Morgan fingerprint density at radius 2 is 1.76 bits per heavy atom. The van der Waals surface area contributed by atoms with Crippen LogP contribution in [0.4, 0.5) is 0 Å². The molecule has 0 aromatic carbocycles. The van der Waals surface area contributed by atoms with Crippen molar-refractivity contribution in [2.45, 2.75) is 70.3 Å². The van der Waals surface area contributed by atoms with Crippen LogP contribution in [0, 0.1) is 0 Å². The molecule has 21 heavy (non-hydrogen) atoms. The summed E-state index contributed by atoms with van der Waals surface area (Å²) in [6, 6.07) is 0. The van der Waals surface area contributed by atoms with Crippen molar-refractivity contribution >= 4 is 13.9 Å². The van der Waals surface area contributed by atoms with Crippen molar-refractivity contribution in [2.24, 2.45) is 0 Å². The highest BCUT2D eigenvalue weighted by atomic mass is 28.3. The maximum absolute atomic E-state index is 12.9. The Labute approximate surface area is 126 Å². The molecule has 0 N–H and O–H groups in total. The summed E-state index contributed by atoms with van der Waals surface area (Å²) in [4.78, 5) is 12.9. The van der Waals surface area contributed by atoms with E-state index in [1.54, 1.807) is 7.11 Å². The highest BCUT2D eigenvalue weighted by Gasteiger charge is 2.72. The van der Waals surface area contributed by atoms with Crippen LogP contribution >= 0.6 is 0 Å². The Morgan fingerprint density at radius 1 is 1.14 bits per heavy atom. The maximum atomic E-state index is 12.9. The van der Waals surface area contributed by atoms with Gasteiger partial charge < -0.3 is 18.9 Å². The minimum absolute atomic E-state index is 0.0648. The Kier molecular flexibility index (Phi) is 3.12. The predicted molar refractivity (Wildman–Crippen MR) is 79.5 cm³/mol. The lowest BCUT2D eigenvalue weighted by atomic mass is 9.74. The molecule has 0 aromatic heterocycles. The van der Waals surface area contributed by atoms with Crippen LogP contribution in [0.3, 0.4) is 0 Å². The van der Waals surface area contributed by atoms with Crippen LogP contribution in [0.2, 0.25) is 19.6 Å². The first-order valence-corrected chi connectivity index (χ1v) is 10.9. The second-order valence-electron chi connectivity index (χ2n) is 7.56. The Hall–Kier alpha value is -0.533. The van der Waals surface area contributed by atoms with Gasteiger partial charge in [0.1, 0.15) is 12.2 Å². The molecule has 2 saturated heterocycles. The van der Waals surface area contributed by atoms with Gasteiger partial charge in [-0.1, -0.05) is 19.6 Å². The number of methoxy groups -OCH3 is 1. The third kappa shape index (κ3) is 1.86. The van der Waals surface area contributed by atoms with Crippen LogP contribution in [0.5, 0.6) is 0 Å². The molecule has 1 aliphatic carbocycles. The quantitative estimate of drug-likeness (QED) is 0.730. The minimum Gasteiger partial charge on any atom is -0.353 e. The van der Waals surface area contributed by atoms with Crippen LogP contribution in [0.15, 0.2) is 10.8 Å². The van der Waals surface area contributed by atoms with Crippen molar-refractivity contribution in [3.05, 3.63) is 10.8 Å². The van der Waals surface area contributed by atoms with Gasteiger partial charge in [0.15, 0.2) is 23.5 Å². The van der Waals surface area contributed by atoms with E-state index in [9.17, 15) is 4.79 Å². The monoisotopic (exact) mass is 312 g/mol. The number of fused-ring (bicyclic) bond motifs is 2. The standard InChI is InChI=1S/C15H24O5Si/c1-8-10(21(5,6)7)11(16)15(8)12-9(13(17-4)20-15)18-14(2,3)19-12/h9,12-13H,1-7H3/t9-,12?,13+,15+/m0/s1. The lowest BCUT2D eigenvalue weighted by Crippen LogP contribution is -2.62. The van der Waals surface area contributed by atoms with Crippen LogP contribution in [0.25, 0.3) is 0 Å². The number of hydrogen-bond acceptors (Lipinski definition) is 5. The van der Waals surface area contributed by atoms with E-state index in [2.05, 4.69) is 19.6 Å². The smallest absolute Gasteiger partial charge is 0.193 e. The summed E-state index contributed by atoms with van der Waals surface area (Å²) in [5.41, 5.74) is -0.00290. The zero-order valence-electron chi connectivity index (χ0n) is 13.8. The van der Waals surface area contributed by atoms with Gasteiger partial charge >= 0.3 is 0 Å². The fourth-order valence-corrected chi connectivity index (χ4v) is 6.02. The maximum Gasteiger partial charge on any atom is 0.193 e.